The van der Waals surface area contributed by atoms with Crippen LogP contribution in [-0.4, -0.2) is 51.5 Å². The van der Waals surface area contributed by atoms with Crippen LogP contribution in [0.15, 0.2) is 36.4 Å². The standard InChI is InChI=1S/C19H17FN2O6S/c1-29(25,26)10-13-8-27-17-7-12(20)3-4-15(17)22(13)19(24)11-2-5-16-14(6-11)21-18(23)9-28-16/h2-7,13H,8-10H2,1H3,(H,21,23)/t13-/m1/s1. The molecule has 2 heterocycles. The SMILES string of the molecule is CS(=O)(=O)C[C@H]1COc2cc(F)ccc2N1C(=O)c1ccc2c(c1)NC(=O)CO2. The first-order valence-corrected chi connectivity index (χ1v) is 10.8. The van der Waals surface area contributed by atoms with E-state index < -0.39 is 27.6 Å². The van der Waals surface area contributed by atoms with Crippen molar-refractivity contribution in [3.05, 3.63) is 47.8 Å². The number of fused-ring (bicyclic) bond motifs is 2. The highest BCUT2D eigenvalue weighted by molar-refractivity contribution is 7.90. The van der Waals surface area contributed by atoms with Crippen molar-refractivity contribution in [2.45, 2.75) is 6.04 Å². The fraction of sp³-hybridized carbons (Fsp3) is 0.263. The highest BCUT2D eigenvalue weighted by Crippen LogP contribution is 2.37. The molecule has 2 aliphatic heterocycles. The molecule has 0 radical (unpaired) electrons. The van der Waals surface area contributed by atoms with Gasteiger partial charge in [0.2, 0.25) is 0 Å². The van der Waals surface area contributed by atoms with Crippen molar-refractivity contribution >= 4 is 33.0 Å². The Kier molecular flexibility index (Phi) is 4.65. The molecule has 0 aromatic heterocycles. The maximum Gasteiger partial charge on any atom is 0.262 e. The topological polar surface area (TPSA) is 102 Å². The fourth-order valence-corrected chi connectivity index (χ4v) is 4.31. The highest BCUT2D eigenvalue weighted by atomic mass is 32.2. The Balaban J connectivity index is 1.75. The number of benzene rings is 2. The van der Waals surface area contributed by atoms with Gasteiger partial charge < -0.3 is 14.8 Å². The average Bonchev–Trinajstić information content (AvgIpc) is 2.65. The molecule has 10 heteroatoms. The molecule has 1 atom stereocenters. The summed E-state index contributed by atoms with van der Waals surface area (Å²) in [5, 5.41) is 2.63. The van der Waals surface area contributed by atoms with Gasteiger partial charge in [-0.1, -0.05) is 0 Å². The minimum Gasteiger partial charge on any atom is -0.489 e. The molecule has 2 aromatic carbocycles. The van der Waals surface area contributed by atoms with Crippen molar-refractivity contribution in [2.24, 2.45) is 0 Å². The third kappa shape index (κ3) is 3.88. The summed E-state index contributed by atoms with van der Waals surface area (Å²) < 4.78 is 48.2. The van der Waals surface area contributed by atoms with Gasteiger partial charge in [-0.15, -0.1) is 0 Å². The summed E-state index contributed by atoms with van der Waals surface area (Å²) >= 11 is 0. The van der Waals surface area contributed by atoms with Gasteiger partial charge in [0.15, 0.2) is 6.61 Å². The molecule has 0 fully saturated rings. The Morgan fingerprint density at radius 2 is 2.00 bits per heavy atom. The van der Waals surface area contributed by atoms with Crippen molar-refractivity contribution in [2.75, 3.05) is 35.4 Å². The molecule has 0 aliphatic carbocycles. The summed E-state index contributed by atoms with van der Waals surface area (Å²) in [7, 11) is -3.43. The van der Waals surface area contributed by atoms with Crippen molar-refractivity contribution in [3.8, 4) is 11.5 Å². The summed E-state index contributed by atoms with van der Waals surface area (Å²) in [6.45, 7) is -0.209. The van der Waals surface area contributed by atoms with E-state index in [1.807, 2.05) is 0 Å². The van der Waals surface area contributed by atoms with Gasteiger partial charge in [-0.3, -0.25) is 14.5 Å². The van der Waals surface area contributed by atoms with Crippen LogP contribution in [0.4, 0.5) is 15.8 Å². The first-order valence-electron chi connectivity index (χ1n) is 8.71. The number of carbonyl (C=O) groups excluding carboxylic acids is 2. The summed E-state index contributed by atoms with van der Waals surface area (Å²) in [5.41, 5.74) is 0.832. The monoisotopic (exact) mass is 420 g/mol. The predicted octanol–water partition coefficient (Wildman–Crippen LogP) is 1.61. The molecule has 8 nitrogen and oxygen atoms in total. The van der Waals surface area contributed by atoms with Crippen LogP contribution in [0, 0.1) is 5.82 Å². The Labute approximate surface area is 166 Å². The lowest BCUT2D eigenvalue weighted by atomic mass is 10.1. The molecular formula is C19H17FN2O6S. The molecule has 0 bridgehead atoms. The van der Waals surface area contributed by atoms with Crippen molar-refractivity contribution < 1.29 is 31.9 Å². The molecule has 29 heavy (non-hydrogen) atoms. The Morgan fingerprint density at radius 1 is 1.21 bits per heavy atom. The van der Waals surface area contributed by atoms with Crippen LogP contribution in [-0.2, 0) is 14.6 Å². The minimum absolute atomic E-state index is 0.0972. The van der Waals surface area contributed by atoms with Gasteiger partial charge in [0.1, 0.15) is 33.8 Å². The second-order valence-electron chi connectivity index (χ2n) is 6.89. The van der Waals surface area contributed by atoms with E-state index in [9.17, 15) is 22.4 Å². The lowest BCUT2D eigenvalue weighted by Crippen LogP contribution is -2.50. The number of sulfone groups is 1. The second-order valence-corrected chi connectivity index (χ2v) is 9.08. The van der Waals surface area contributed by atoms with Gasteiger partial charge in [-0.05, 0) is 30.3 Å². The number of carbonyl (C=O) groups is 2. The maximum absolute atomic E-state index is 13.6. The van der Waals surface area contributed by atoms with Crippen LogP contribution in [0.1, 0.15) is 10.4 Å². The van der Waals surface area contributed by atoms with Crippen LogP contribution >= 0.6 is 0 Å². The zero-order valence-electron chi connectivity index (χ0n) is 15.3. The van der Waals surface area contributed by atoms with E-state index in [0.717, 1.165) is 12.3 Å². The molecule has 0 saturated carbocycles. The van der Waals surface area contributed by atoms with Crippen LogP contribution in [0.2, 0.25) is 0 Å². The van der Waals surface area contributed by atoms with Gasteiger partial charge >= 0.3 is 0 Å². The summed E-state index contributed by atoms with van der Waals surface area (Å²) in [4.78, 5) is 26.2. The van der Waals surface area contributed by atoms with Gasteiger partial charge in [0.05, 0.1) is 23.2 Å². The molecule has 2 amide bonds. The number of halogens is 1. The summed E-state index contributed by atoms with van der Waals surface area (Å²) in [6.07, 6.45) is 1.07. The number of anilines is 2. The van der Waals surface area contributed by atoms with E-state index in [4.69, 9.17) is 9.47 Å². The van der Waals surface area contributed by atoms with E-state index in [2.05, 4.69) is 5.32 Å². The minimum atomic E-state index is -3.43. The number of hydrogen-bond donors (Lipinski definition) is 1. The molecule has 0 spiro atoms. The number of ether oxygens (including phenoxy) is 2. The summed E-state index contributed by atoms with van der Waals surface area (Å²) in [6, 6.07) is 7.44. The Bertz CT molecular complexity index is 1120. The molecule has 2 aromatic rings. The summed E-state index contributed by atoms with van der Waals surface area (Å²) in [5.74, 6) is -1.12. The van der Waals surface area contributed by atoms with E-state index >= 15 is 0 Å². The third-order valence-electron chi connectivity index (χ3n) is 4.55. The number of nitrogens with zero attached hydrogens (tertiary/aromatic N) is 1. The molecule has 0 saturated heterocycles. The van der Waals surface area contributed by atoms with Gasteiger partial charge in [-0.25, -0.2) is 12.8 Å². The molecule has 1 N–H and O–H groups in total. The van der Waals surface area contributed by atoms with Crippen LogP contribution in [0.25, 0.3) is 0 Å². The molecular weight excluding hydrogens is 403 g/mol. The zero-order chi connectivity index (χ0) is 20.8. The number of rotatable bonds is 3. The normalized spacial score (nSPS) is 18.1. The number of amides is 2. The molecule has 0 unspecified atom stereocenters. The zero-order valence-corrected chi connectivity index (χ0v) is 16.2. The predicted molar refractivity (Wildman–Crippen MR) is 103 cm³/mol. The average molecular weight is 420 g/mol. The van der Waals surface area contributed by atoms with Crippen molar-refractivity contribution in [1.82, 2.24) is 0 Å². The fourth-order valence-electron chi connectivity index (χ4n) is 3.36. The van der Waals surface area contributed by atoms with Crippen LogP contribution in [0.5, 0.6) is 11.5 Å². The van der Waals surface area contributed by atoms with Crippen LogP contribution in [0.3, 0.4) is 0 Å². The molecule has 4 rings (SSSR count). The van der Waals surface area contributed by atoms with Crippen LogP contribution < -0.4 is 19.7 Å². The maximum atomic E-state index is 13.6. The van der Waals surface area contributed by atoms with Gasteiger partial charge in [-0.2, -0.15) is 0 Å². The molecule has 2 aliphatic rings. The second kappa shape index (κ2) is 7.03. The highest BCUT2D eigenvalue weighted by Gasteiger charge is 2.35. The Hall–Kier alpha value is -3.14. The van der Waals surface area contributed by atoms with E-state index in [1.54, 1.807) is 6.07 Å². The van der Waals surface area contributed by atoms with Crippen molar-refractivity contribution in [3.63, 3.8) is 0 Å². The van der Waals surface area contributed by atoms with Gasteiger partial charge in [0.25, 0.3) is 11.8 Å². The lowest BCUT2D eigenvalue weighted by molar-refractivity contribution is -0.118. The first kappa shape index (κ1) is 19.2. The Morgan fingerprint density at radius 3 is 2.76 bits per heavy atom. The van der Waals surface area contributed by atoms with Crippen molar-refractivity contribution in [1.29, 1.82) is 0 Å². The lowest BCUT2D eigenvalue weighted by Gasteiger charge is -2.36. The number of nitrogens with one attached hydrogen (secondary N) is 1. The third-order valence-corrected chi connectivity index (χ3v) is 5.54. The van der Waals surface area contributed by atoms with E-state index in [1.165, 1.54) is 29.2 Å². The molecule has 152 valence electrons. The van der Waals surface area contributed by atoms with Gasteiger partial charge in [0, 0.05) is 17.9 Å². The van der Waals surface area contributed by atoms with E-state index in [-0.39, 0.29) is 41.9 Å². The number of hydrogen-bond acceptors (Lipinski definition) is 6. The largest absolute Gasteiger partial charge is 0.489 e. The van der Waals surface area contributed by atoms with E-state index in [0.29, 0.717) is 11.4 Å². The quantitative estimate of drug-likeness (QED) is 0.810. The smallest absolute Gasteiger partial charge is 0.262 e. The first-order chi connectivity index (χ1) is 13.7.